The number of hydrogen-bond donors (Lipinski definition) is 2. The van der Waals surface area contributed by atoms with Gasteiger partial charge in [-0.25, -0.2) is 4.39 Å². The molecule has 0 aliphatic rings. The number of methoxy groups -OCH3 is 1. The fourth-order valence-electron chi connectivity index (χ4n) is 1.59. The molecular formula is C14H12BrFN2O2. The Morgan fingerprint density at radius 1 is 1.30 bits per heavy atom. The van der Waals surface area contributed by atoms with Gasteiger partial charge in [-0.15, -0.1) is 0 Å². The molecule has 104 valence electrons. The molecule has 0 aliphatic carbocycles. The van der Waals surface area contributed by atoms with Crippen molar-refractivity contribution in [3.63, 3.8) is 0 Å². The van der Waals surface area contributed by atoms with Crippen molar-refractivity contribution in [2.45, 2.75) is 0 Å². The minimum absolute atomic E-state index is 0.00381. The van der Waals surface area contributed by atoms with Crippen molar-refractivity contribution >= 4 is 33.2 Å². The summed E-state index contributed by atoms with van der Waals surface area (Å²) in [6.45, 7) is 0. The molecule has 0 radical (unpaired) electrons. The van der Waals surface area contributed by atoms with E-state index in [0.29, 0.717) is 15.9 Å². The molecular weight excluding hydrogens is 327 g/mol. The van der Waals surface area contributed by atoms with Gasteiger partial charge in [-0.2, -0.15) is 0 Å². The summed E-state index contributed by atoms with van der Waals surface area (Å²) in [6.07, 6.45) is 0. The number of nitrogens with one attached hydrogen (secondary N) is 1. The summed E-state index contributed by atoms with van der Waals surface area (Å²) < 4.78 is 19.1. The highest BCUT2D eigenvalue weighted by atomic mass is 79.9. The second kappa shape index (κ2) is 5.92. The van der Waals surface area contributed by atoms with E-state index < -0.39 is 11.7 Å². The number of hydrogen-bond acceptors (Lipinski definition) is 3. The number of nitrogen functional groups attached to an aromatic ring is 1. The van der Waals surface area contributed by atoms with Crippen LogP contribution >= 0.6 is 15.9 Å². The number of anilines is 2. The topological polar surface area (TPSA) is 64.3 Å². The van der Waals surface area contributed by atoms with Gasteiger partial charge in [0.15, 0.2) is 0 Å². The summed E-state index contributed by atoms with van der Waals surface area (Å²) in [7, 11) is 1.53. The molecule has 2 rings (SSSR count). The van der Waals surface area contributed by atoms with Crippen LogP contribution < -0.4 is 15.8 Å². The SMILES string of the molecule is COc1ccc(Br)c(NC(=O)c2ccc(N)c(F)c2)c1. The second-order valence-corrected chi connectivity index (χ2v) is 4.89. The van der Waals surface area contributed by atoms with Crippen molar-refractivity contribution in [1.29, 1.82) is 0 Å². The third kappa shape index (κ3) is 3.08. The van der Waals surface area contributed by atoms with E-state index in [2.05, 4.69) is 21.2 Å². The van der Waals surface area contributed by atoms with Crippen molar-refractivity contribution in [3.05, 3.63) is 52.3 Å². The maximum absolute atomic E-state index is 13.3. The summed E-state index contributed by atoms with van der Waals surface area (Å²) >= 11 is 3.32. The van der Waals surface area contributed by atoms with E-state index in [1.165, 1.54) is 19.2 Å². The van der Waals surface area contributed by atoms with Crippen LogP contribution in [0.5, 0.6) is 5.75 Å². The Morgan fingerprint density at radius 3 is 2.70 bits per heavy atom. The van der Waals surface area contributed by atoms with Crippen LogP contribution in [0.15, 0.2) is 40.9 Å². The van der Waals surface area contributed by atoms with E-state index in [4.69, 9.17) is 10.5 Å². The van der Waals surface area contributed by atoms with Crippen LogP contribution in [0.3, 0.4) is 0 Å². The molecule has 0 heterocycles. The van der Waals surface area contributed by atoms with Gasteiger partial charge in [0.1, 0.15) is 11.6 Å². The van der Waals surface area contributed by atoms with Crippen LogP contribution in [0.25, 0.3) is 0 Å². The van der Waals surface area contributed by atoms with Crippen LogP contribution in [0.1, 0.15) is 10.4 Å². The molecule has 0 unspecified atom stereocenters. The van der Waals surface area contributed by atoms with Crippen molar-refractivity contribution in [3.8, 4) is 5.75 Å². The van der Waals surface area contributed by atoms with E-state index in [1.807, 2.05) is 0 Å². The van der Waals surface area contributed by atoms with Crippen LogP contribution in [0, 0.1) is 5.82 Å². The summed E-state index contributed by atoms with van der Waals surface area (Å²) in [4.78, 5) is 12.0. The molecule has 0 aromatic heterocycles. The molecule has 0 aliphatic heterocycles. The molecule has 20 heavy (non-hydrogen) atoms. The molecule has 1 amide bonds. The Hall–Kier alpha value is -2.08. The molecule has 2 aromatic rings. The fraction of sp³-hybridized carbons (Fsp3) is 0.0714. The number of ether oxygens (including phenoxy) is 1. The van der Waals surface area contributed by atoms with Gasteiger partial charge in [0, 0.05) is 16.1 Å². The van der Waals surface area contributed by atoms with Crippen molar-refractivity contribution in [1.82, 2.24) is 0 Å². The lowest BCUT2D eigenvalue weighted by Gasteiger charge is -2.09. The first-order valence-electron chi connectivity index (χ1n) is 5.71. The highest BCUT2D eigenvalue weighted by Crippen LogP contribution is 2.27. The zero-order valence-electron chi connectivity index (χ0n) is 10.6. The van der Waals surface area contributed by atoms with Gasteiger partial charge in [-0.1, -0.05) is 0 Å². The number of amides is 1. The number of carbonyl (C=O) groups is 1. The average molecular weight is 339 g/mol. The summed E-state index contributed by atoms with van der Waals surface area (Å²) in [5, 5.41) is 2.67. The molecule has 0 fully saturated rings. The zero-order chi connectivity index (χ0) is 14.7. The third-order valence-corrected chi connectivity index (χ3v) is 3.38. The molecule has 3 N–H and O–H groups in total. The second-order valence-electron chi connectivity index (χ2n) is 4.04. The van der Waals surface area contributed by atoms with E-state index in [9.17, 15) is 9.18 Å². The quantitative estimate of drug-likeness (QED) is 0.842. The highest BCUT2D eigenvalue weighted by molar-refractivity contribution is 9.10. The van der Waals surface area contributed by atoms with Crippen molar-refractivity contribution in [2.24, 2.45) is 0 Å². The van der Waals surface area contributed by atoms with Gasteiger partial charge >= 0.3 is 0 Å². The zero-order valence-corrected chi connectivity index (χ0v) is 12.2. The van der Waals surface area contributed by atoms with Crippen LogP contribution in [-0.4, -0.2) is 13.0 Å². The maximum atomic E-state index is 13.3. The number of nitrogens with two attached hydrogens (primary N) is 1. The Balaban J connectivity index is 2.25. The lowest BCUT2D eigenvalue weighted by atomic mass is 10.2. The molecule has 2 aromatic carbocycles. The molecule has 0 saturated heterocycles. The van der Waals surface area contributed by atoms with E-state index in [-0.39, 0.29) is 11.3 Å². The first-order valence-corrected chi connectivity index (χ1v) is 6.50. The van der Waals surface area contributed by atoms with E-state index >= 15 is 0 Å². The van der Waals surface area contributed by atoms with Gasteiger partial charge in [0.2, 0.25) is 0 Å². The minimum atomic E-state index is -0.623. The molecule has 0 saturated carbocycles. The molecule has 4 nitrogen and oxygen atoms in total. The summed E-state index contributed by atoms with van der Waals surface area (Å²) in [5.41, 5.74) is 6.10. The minimum Gasteiger partial charge on any atom is -0.497 e. The van der Waals surface area contributed by atoms with Crippen LogP contribution in [0.4, 0.5) is 15.8 Å². The Kier molecular flexibility index (Phi) is 4.24. The van der Waals surface area contributed by atoms with Gasteiger partial charge in [0.25, 0.3) is 5.91 Å². The van der Waals surface area contributed by atoms with E-state index in [0.717, 1.165) is 6.07 Å². The normalized spacial score (nSPS) is 10.2. The predicted molar refractivity (Wildman–Crippen MR) is 79.5 cm³/mol. The highest BCUT2D eigenvalue weighted by Gasteiger charge is 2.11. The summed E-state index contributed by atoms with van der Waals surface area (Å²) in [6, 6.07) is 9.07. The Morgan fingerprint density at radius 2 is 2.05 bits per heavy atom. The number of halogens is 2. The standard InChI is InChI=1S/C14H12BrFN2O2/c1-20-9-3-4-10(15)13(7-9)18-14(19)8-2-5-12(17)11(16)6-8/h2-7H,17H2,1H3,(H,18,19). The number of rotatable bonds is 3. The number of carbonyl (C=O) groups excluding carboxylic acids is 1. The first kappa shape index (κ1) is 14.3. The van der Waals surface area contributed by atoms with Crippen molar-refractivity contribution < 1.29 is 13.9 Å². The smallest absolute Gasteiger partial charge is 0.255 e. The molecule has 6 heteroatoms. The average Bonchev–Trinajstić information content (AvgIpc) is 2.44. The third-order valence-electron chi connectivity index (χ3n) is 2.68. The molecule has 0 spiro atoms. The number of benzene rings is 2. The fourth-order valence-corrected chi connectivity index (χ4v) is 1.94. The first-order chi connectivity index (χ1) is 9.51. The molecule has 0 bridgehead atoms. The largest absolute Gasteiger partial charge is 0.497 e. The maximum Gasteiger partial charge on any atom is 0.255 e. The lowest BCUT2D eigenvalue weighted by molar-refractivity contribution is 0.102. The van der Waals surface area contributed by atoms with Gasteiger partial charge < -0.3 is 15.8 Å². The monoisotopic (exact) mass is 338 g/mol. The predicted octanol–water partition coefficient (Wildman–Crippen LogP) is 3.43. The Labute approximate surface area is 123 Å². The van der Waals surface area contributed by atoms with E-state index in [1.54, 1.807) is 18.2 Å². The van der Waals surface area contributed by atoms with Gasteiger partial charge in [-0.05, 0) is 46.3 Å². The Bertz CT molecular complexity index is 662. The van der Waals surface area contributed by atoms with Crippen molar-refractivity contribution in [2.75, 3.05) is 18.2 Å². The molecule has 0 atom stereocenters. The van der Waals surface area contributed by atoms with Crippen LogP contribution in [-0.2, 0) is 0 Å². The van der Waals surface area contributed by atoms with Gasteiger partial charge in [-0.3, -0.25) is 4.79 Å². The summed E-state index contributed by atoms with van der Waals surface area (Å²) in [5.74, 6) is -0.452. The lowest BCUT2D eigenvalue weighted by Crippen LogP contribution is -2.13. The van der Waals surface area contributed by atoms with Gasteiger partial charge in [0.05, 0.1) is 18.5 Å². The van der Waals surface area contributed by atoms with Crippen LogP contribution in [0.2, 0.25) is 0 Å².